The van der Waals surface area contributed by atoms with Crippen molar-refractivity contribution in [3.63, 3.8) is 0 Å². The number of rotatable bonds is 4. The van der Waals surface area contributed by atoms with E-state index in [-0.39, 0.29) is 11.7 Å². The molecule has 144 valence electrons. The van der Waals surface area contributed by atoms with E-state index in [1.54, 1.807) is 60.7 Å². The van der Waals surface area contributed by atoms with Crippen LogP contribution in [0.1, 0.15) is 20.9 Å². The number of ether oxygens (including phenoxy) is 1. The summed E-state index contributed by atoms with van der Waals surface area (Å²) in [6.07, 6.45) is 0. The second kappa shape index (κ2) is 8.11. The maximum absolute atomic E-state index is 12.3. The van der Waals surface area contributed by atoms with Gasteiger partial charge in [0, 0.05) is 26.1 Å². The number of halogens is 2. The van der Waals surface area contributed by atoms with Gasteiger partial charge in [-0.25, -0.2) is 4.79 Å². The molecule has 5 nitrogen and oxygen atoms in total. The summed E-state index contributed by atoms with van der Waals surface area (Å²) in [5.74, 6) is -0.494. The second-order valence-electron chi connectivity index (χ2n) is 6.17. The Hall–Kier alpha value is -3.09. The summed E-state index contributed by atoms with van der Waals surface area (Å²) in [4.78, 5) is 24.6. The highest BCUT2D eigenvalue weighted by Crippen LogP contribution is 2.24. The van der Waals surface area contributed by atoms with Crippen LogP contribution >= 0.6 is 27.5 Å². The molecule has 0 radical (unpaired) electrons. The number of carbonyl (C=O) groups excluding carboxylic acids is 2. The van der Waals surface area contributed by atoms with E-state index >= 15 is 0 Å². The molecule has 1 aromatic heterocycles. The van der Waals surface area contributed by atoms with Gasteiger partial charge in [-0.2, -0.15) is 0 Å². The van der Waals surface area contributed by atoms with Crippen molar-refractivity contribution in [2.45, 2.75) is 0 Å². The minimum Gasteiger partial charge on any atom is -0.449 e. The fourth-order valence-corrected chi connectivity index (χ4v) is 3.19. The number of esters is 1. The van der Waals surface area contributed by atoms with Gasteiger partial charge < -0.3 is 14.5 Å². The van der Waals surface area contributed by atoms with E-state index in [1.165, 1.54) is 0 Å². The Morgan fingerprint density at radius 2 is 1.66 bits per heavy atom. The van der Waals surface area contributed by atoms with Crippen LogP contribution in [-0.2, 0) is 0 Å². The lowest BCUT2D eigenvalue weighted by molar-refractivity contribution is 0.0704. The van der Waals surface area contributed by atoms with Gasteiger partial charge in [-0.05, 0) is 72.8 Å². The highest BCUT2D eigenvalue weighted by atomic mass is 79.9. The summed E-state index contributed by atoms with van der Waals surface area (Å²) < 4.78 is 11.7. The van der Waals surface area contributed by atoms with Crippen molar-refractivity contribution < 1.29 is 18.7 Å². The smallest absolute Gasteiger partial charge is 0.379 e. The molecule has 0 atom stereocenters. The largest absolute Gasteiger partial charge is 0.449 e. The first-order valence-corrected chi connectivity index (χ1v) is 9.73. The molecular formula is C22H13BrClNO4. The molecule has 1 heterocycles. The van der Waals surface area contributed by atoms with Gasteiger partial charge in [-0.1, -0.05) is 27.5 Å². The Bertz CT molecular complexity index is 1200. The van der Waals surface area contributed by atoms with E-state index in [2.05, 4.69) is 21.2 Å². The monoisotopic (exact) mass is 469 g/mol. The van der Waals surface area contributed by atoms with Crippen LogP contribution < -0.4 is 10.1 Å². The van der Waals surface area contributed by atoms with Crippen LogP contribution in [0.15, 0.2) is 81.7 Å². The average molecular weight is 471 g/mol. The first kappa shape index (κ1) is 19.2. The number of anilines is 1. The Morgan fingerprint density at radius 1 is 0.931 bits per heavy atom. The predicted octanol–water partition coefficient (Wildman–Crippen LogP) is 6.32. The van der Waals surface area contributed by atoms with E-state index < -0.39 is 5.97 Å². The highest BCUT2D eigenvalue weighted by molar-refractivity contribution is 9.10. The third kappa shape index (κ3) is 4.50. The van der Waals surface area contributed by atoms with Crippen LogP contribution in [0.5, 0.6) is 5.75 Å². The summed E-state index contributed by atoms with van der Waals surface area (Å²) in [6.45, 7) is 0. The summed E-state index contributed by atoms with van der Waals surface area (Å²) in [7, 11) is 0. The molecule has 1 N–H and O–H groups in total. The number of hydrogen-bond acceptors (Lipinski definition) is 4. The number of benzene rings is 3. The van der Waals surface area contributed by atoms with Gasteiger partial charge in [0.1, 0.15) is 11.3 Å². The molecule has 4 rings (SSSR count). The Morgan fingerprint density at radius 3 is 2.38 bits per heavy atom. The van der Waals surface area contributed by atoms with Gasteiger partial charge in [0.05, 0.1) is 0 Å². The Labute approximate surface area is 179 Å². The normalized spacial score (nSPS) is 10.7. The molecule has 0 aliphatic rings. The number of carbonyl (C=O) groups is 2. The van der Waals surface area contributed by atoms with E-state index in [4.69, 9.17) is 20.8 Å². The average Bonchev–Trinajstić information content (AvgIpc) is 3.13. The van der Waals surface area contributed by atoms with Crippen LogP contribution in [0.2, 0.25) is 5.02 Å². The van der Waals surface area contributed by atoms with E-state index in [0.29, 0.717) is 27.6 Å². The van der Waals surface area contributed by atoms with Crippen LogP contribution in [0, 0.1) is 0 Å². The number of furan rings is 1. The zero-order chi connectivity index (χ0) is 20.4. The van der Waals surface area contributed by atoms with Crippen molar-refractivity contribution in [1.29, 1.82) is 0 Å². The van der Waals surface area contributed by atoms with Crippen molar-refractivity contribution in [3.05, 3.63) is 93.6 Å². The zero-order valence-corrected chi connectivity index (χ0v) is 17.2. The topological polar surface area (TPSA) is 68.5 Å². The van der Waals surface area contributed by atoms with E-state index in [1.807, 2.05) is 12.1 Å². The summed E-state index contributed by atoms with van der Waals surface area (Å²) in [5, 5.41) is 4.15. The van der Waals surface area contributed by atoms with E-state index in [9.17, 15) is 9.59 Å². The quantitative estimate of drug-likeness (QED) is 0.280. The van der Waals surface area contributed by atoms with E-state index in [0.717, 1.165) is 9.86 Å². The van der Waals surface area contributed by atoms with Gasteiger partial charge in [0.25, 0.3) is 5.91 Å². The molecule has 4 aromatic rings. The fraction of sp³-hybridized carbons (Fsp3) is 0. The molecule has 3 aromatic carbocycles. The number of nitrogens with one attached hydrogen (secondary N) is 1. The number of amides is 1. The third-order valence-corrected chi connectivity index (χ3v) is 4.85. The minimum absolute atomic E-state index is 0.0997. The molecule has 0 fully saturated rings. The Kier molecular flexibility index (Phi) is 5.38. The summed E-state index contributed by atoms with van der Waals surface area (Å²) >= 11 is 9.21. The van der Waals surface area contributed by atoms with Crippen LogP contribution in [-0.4, -0.2) is 11.9 Å². The number of fused-ring (bicyclic) bond motifs is 1. The van der Waals surface area contributed by atoms with Crippen molar-refractivity contribution in [3.8, 4) is 5.75 Å². The first-order valence-electron chi connectivity index (χ1n) is 8.56. The maximum atomic E-state index is 12.3. The van der Waals surface area contributed by atoms with Crippen molar-refractivity contribution >= 4 is 56.1 Å². The van der Waals surface area contributed by atoms with Crippen molar-refractivity contribution in [2.24, 2.45) is 0 Å². The minimum atomic E-state index is -0.615. The molecule has 0 spiro atoms. The van der Waals surface area contributed by atoms with Crippen molar-refractivity contribution in [2.75, 3.05) is 5.32 Å². The van der Waals surface area contributed by atoms with Gasteiger partial charge in [0.15, 0.2) is 0 Å². The van der Waals surface area contributed by atoms with Gasteiger partial charge in [-0.15, -0.1) is 0 Å². The molecular weight excluding hydrogens is 458 g/mol. The molecule has 0 aliphatic carbocycles. The predicted molar refractivity (Wildman–Crippen MR) is 115 cm³/mol. The standard InChI is InChI=1S/C22H13BrClNO4/c23-15-3-10-19-14(11-15)12-20(29-19)22(27)28-18-8-1-13(2-9-18)21(26)25-17-6-4-16(24)5-7-17/h1-12H,(H,25,26). The fourth-order valence-electron chi connectivity index (χ4n) is 2.68. The second-order valence-corrected chi connectivity index (χ2v) is 7.52. The lowest BCUT2D eigenvalue weighted by Gasteiger charge is -2.06. The van der Waals surface area contributed by atoms with Crippen LogP contribution in [0.25, 0.3) is 11.0 Å². The van der Waals surface area contributed by atoms with Crippen LogP contribution in [0.4, 0.5) is 5.69 Å². The zero-order valence-electron chi connectivity index (χ0n) is 14.8. The molecule has 29 heavy (non-hydrogen) atoms. The summed E-state index contributed by atoms with van der Waals surface area (Å²) in [6, 6.07) is 20.1. The van der Waals surface area contributed by atoms with Gasteiger partial charge in [0.2, 0.25) is 5.76 Å². The molecule has 0 saturated heterocycles. The molecule has 0 saturated carbocycles. The molecule has 0 bridgehead atoms. The SMILES string of the molecule is O=C(Nc1ccc(Cl)cc1)c1ccc(OC(=O)c2cc3cc(Br)ccc3o2)cc1. The lowest BCUT2D eigenvalue weighted by atomic mass is 10.2. The molecule has 0 aliphatic heterocycles. The van der Waals surface area contributed by atoms with Gasteiger partial charge >= 0.3 is 5.97 Å². The van der Waals surface area contributed by atoms with Gasteiger partial charge in [-0.3, -0.25) is 4.79 Å². The highest BCUT2D eigenvalue weighted by Gasteiger charge is 2.15. The summed E-state index contributed by atoms with van der Waals surface area (Å²) in [5.41, 5.74) is 1.65. The maximum Gasteiger partial charge on any atom is 0.379 e. The number of hydrogen-bond donors (Lipinski definition) is 1. The third-order valence-electron chi connectivity index (χ3n) is 4.11. The molecule has 1 amide bonds. The van der Waals surface area contributed by atoms with Crippen molar-refractivity contribution in [1.82, 2.24) is 0 Å². The van der Waals surface area contributed by atoms with Crippen LogP contribution in [0.3, 0.4) is 0 Å². The molecule has 7 heteroatoms. The Balaban J connectivity index is 1.43. The molecule has 0 unspecified atom stereocenters. The lowest BCUT2D eigenvalue weighted by Crippen LogP contribution is -2.12. The first-order chi connectivity index (χ1) is 14.0.